The predicted molar refractivity (Wildman–Crippen MR) is 114 cm³/mol. The van der Waals surface area contributed by atoms with Crippen molar-refractivity contribution in [1.82, 2.24) is 5.43 Å². The fraction of sp³-hybridized carbons (Fsp3) is 0.0952. The van der Waals surface area contributed by atoms with E-state index in [1.54, 1.807) is 36.4 Å². The smallest absolute Gasteiger partial charge is 0.337 e. The number of hydrogen-bond acceptors (Lipinski definition) is 6. The fourth-order valence-corrected chi connectivity index (χ4v) is 2.69. The minimum Gasteiger partial charge on any atom is -0.465 e. The largest absolute Gasteiger partial charge is 0.465 e. The molecule has 1 aromatic heterocycles. The summed E-state index contributed by atoms with van der Waals surface area (Å²) in [6.45, 7) is 0.0922. The molecule has 0 aliphatic rings. The maximum absolute atomic E-state index is 11.8. The van der Waals surface area contributed by atoms with Crippen molar-refractivity contribution < 1.29 is 18.7 Å². The van der Waals surface area contributed by atoms with Crippen LogP contribution >= 0.6 is 15.9 Å². The summed E-state index contributed by atoms with van der Waals surface area (Å²) in [6.07, 6.45) is 1.42. The third kappa shape index (κ3) is 5.79. The van der Waals surface area contributed by atoms with Gasteiger partial charge in [-0.2, -0.15) is 5.10 Å². The number of hydrogen-bond donors (Lipinski definition) is 2. The number of carbonyl (C=O) groups excluding carboxylic acids is 2. The summed E-state index contributed by atoms with van der Waals surface area (Å²) in [5, 5.41) is 6.90. The van der Waals surface area contributed by atoms with E-state index in [9.17, 15) is 9.59 Å². The highest BCUT2D eigenvalue weighted by Crippen LogP contribution is 2.22. The fourth-order valence-electron chi connectivity index (χ4n) is 2.42. The molecule has 0 unspecified atom stereocenters. The maximum atomic E-state index is 11.8. The minimum atomic E-state index is -0.394. The molecule has 3 aromatic rings. The van der Waals surface area contributed by atoms with Gasteiger partial charge in [-0.25, -0.2) is 10.2 Å². The lowest BCUT2D eigenvalue weighted by Gasteiger charge is -2.04. The second-order valence-electron chi connectivity index (χ2n) is 5.92. The Kier molecular flexibility index (Phi) is 6.80. The van der Waals surface area contributed by atoms with Gasteiger partial charge in [-0.3, -0.25) is 4.79 Å². The first-order chi connectivity index (χ1) is 14.0. The molecular formula is C21H18BrN3O4. The molecule has 8 heteroatoms. The molecular weight excluding hydrogens is 438 g/mol. The number of hydrazone groups is 1. The number of rotatable bonds is 7. The van der Waals surface area contributed by atoms with Crippen LogP contribution in [0.3, 0.4) is 0 Å². The van der Waals surface area contributed by atoms with Gasteiger partial charge in [-0.1, -0.05) is 28.1 Å². The first-order valence-corrected chi connectivity index (χ1v) is 9.44. The third-order valence-electron chi connectivity index (χ3n) is 3.90. The Balaban J connectivity index is 1.51. The second kappa shape index (κ2) is 9.70. The number of halogens is 1. The van der Waals surface area contributed by atoms with Crippen LogP contribution < -0.4 is 10.7 Å². The molecule has 2 aromatic carbocycles. The van der Waals surface area contributed by atoms with Crippen LogP contribution in [0.5, 0.6) is 0 Å². The third-order valence-corrected chi connectivity index (χ3v) is 4.42. The van der Waals surface area contributed by atoms with Crippen LogP contribution in [0.2, 0.25) is 0 Å². The van der Waals surface area contributed by atoms with Crippen molar-refractivity contribution >= 4 is 39.7 Å². The van der Waals surface area contributed by atoms with Gasteiger partial charge in [0, 0.05) is 15.7 Å². The lowest BCUT2D eigenvalue weighted by molar-refractivity contribution is -0.119. The molecule has 2 N–H and O–H groups in total. The van der Waals surface area contributed by atoms with Gasteiger partial charge in [-0.05, 0) is 48.5 Å². The van der Waals surface area contributed by atoms with Gasteiger partial charge in [0.1, 0.15) is 11.5 Å². The SMILES string of the molecule is COC(=O)c1ccc(-c2ccc(/C=N\NC(=O)CNc3ccc(Br)cc3)o2)cc1. The van der Waals surface area contributed by atoms with E-state index in [0.29, 0.717) is 17.1 Å². The van der Waals surface area contributed by atoms with Crippen LogP contribution in [0.25, 0.3) is 11.3 Å². The quantitative estimate of drug-likeness (QED) is 0.318. The lowest BCUT2D eigenvalue weighted by atomic mass is 10.1. The van der Waals surface area contributed by atoms with Crippen molar-refractivity contribution in [3.05, 3.63) is 76.5 Å². The van der Waals surface area contributed by atoms with Crippen molar-refractivity contribution in [2.45, 2.75) is 0 Å². The Labute approximate surface area is 175 Å². The maximum Gasteiger partial charge on any atom is 0.337 e. The molecule has 0 radical (unpaired) electrons. The number of carbonyl (C=O) groups is 2. The Morgan fingerprint density at radius 2 is 1.79 bits per heavy atom. The van der Waals surface area contributed by atoms with Crippen molar-refractivity contribution in [1.29, 1.82) is 0 Å². The standard InChI is InChI=1S/C21H18BrN3O4/c1-28-21(27)15-4-2-14(3-5-15)19-11-10-18(29-19)12-24-25-20(26)13-23-17-8-6-16(22)7-9-17/h2-12,23H,13H2,1H3,(H,25,26)/b24-12-. The number of amides is 1. The van der Waals surface area contributed by atoms with Gasteiger partial charge in [0.25, 0.3) is 5.91 Å². The number of esters is 1. The summed E-state index contributed by atoms with van der Waals surface area (Å²) in [7, 11) is 1.34. The van der Waals surface area contributed by atoms with Gasteiger partial charge in [-0.15, -0.1) is 0 Å². The number of nitrogens with zero attached hydrogens (tertiary/aromatic N) is 1. The topological polar surface area (TPSA) is 92.9 Å². The number of methoxy groups -OCH3 is 1. The van der Waals surface area contributed by atoms with Crippen LogP contribution in [0, 0.1) is 0 Å². The number of ether oxygens (including phenoxy) is 1. The molecule has 7 nitrogen and oxygen atoms in total. The van der Waals surface area contributed by atoms with Gasteiger partial charge >= 0.3 is 5.97 Å². The zero-order valence-electron chi connectivity index (χ0n) is 15.5. The Bertz CT molecular complexity index is 1010. The monoisotopic (exact) mass is 455 g/mol. The first kappa shape index (κ1) is 20.3. The highest BCUT2D eigenvalue weighted by Gasteiger charge is 2.08. The normalized spacial score (nSPS) is 10.7. The van der Waals surface area contributed by atoms with E-state index in [1.165, 1.54) is 13.3 Å². The predicted octanol–water partition coefficient (Wildman–Crippen LogP) is 4.06. The number of nitrogens with one attached hydrogen (secondary N) is 2. The summed E-state index contributed by atoms with van der Waals surface area (Å²) in [4.78, 5) is 23.3. The molecule has 29 heavy (non-hydrogen) atoms. The van der Waals surface area contributed by atoms with Crippen LogP contribution in [0.15, 0.2) is 74.7 Å². The van der Waals surface area contributed by atoms with E-state index in [0.717, 1.165) is 15.7 Å². The summed E-state index contributed by atoms with van der Waals surface area (Å²) < 4.78 is 11.3. The minimum absolute atomic E-state index is 0.0922. The zero-order valence-corrected chi connectivity index (χ0v) is 17.1. The molecule has 0 atom stereocenters. The Hall–Kier alpha value is -3.39. The molecule has 1 heterocycles. The van der Waals surface area contributed by atoms with E-state index in [-0.39, 0.29) is 12.5 Å². The lowest BCUT2D eigenvalue weighted by Crippen LogP contribution is -2.25. The van der Waals surface area contributed by atoms with Crippen LogP contribution in [-0.2, 0) is 9.53 Å². The molecule has 0 bridgehead atoms. The number of anilines is 1. The molecule has 148 valence electrons. The first-order valence-electron chi connectivity index (χ1n) is 8.65. The van der Waals surface area contributed by atoms with E-state index >= 15 is 0 Å². The van der Waals surface area contributed by atoms with Crippen LogP contribution in [0.1, 0.15) is 16.1 Å². The average Bonchev–Trinajstić information content (AvgIpc) is 3.22. The van der Waals surface area contributed by atoms with Crippen molar-refractivity contribution in [3.8, 4) is 11.3 Å². The van der Waals surface area contributed by atoms with Gasteiger partial charge < -0.3 is 14.5 Å². The molecule has 0 fully saturated rings. The van der Waals surface area contributed by atoms with Gasteiger partial charge in [0.05, 0.1) is 25.4 Å². The zero-order chi connectivity index (χ0) is 20.6. The summed E-state index contributed by atoms with van der Waals surface area (Å²) in [6, 6.07) is 17.9. The van der Waals surface area contributed by atoms with Crippen LogP contribution in [0.4, 0.5) is 5.69 Å². The second-order valence-corrected chi connectivity index (χ2v) is 6.84. The van der Waals surface area contributed by atoms with E-state index in [4.69, 9.17) is 4.42 Å². The molecule has 0 aliphatic carbocycles. The molecule has 1 amide bonds. The molecule has 3 rings (SSSR count). The highest BCUT2D eigenvalue weighted by atomic mass is 79.9. The van der Waals surface area contributed by atoms with Gasteiger partial charge in [0.15, 0.2) is 0 Å². The number of furan rings is 1. The molecule has 0 aliphatic heterocycles. The molecule has 0 spiro atoms. The Morgan fingerprint density at radius 1 is 1.07 bits per heavy atom. The summed E-state index contributed by atoms with van der Waals surface area (Å²) in [5.74, 6) is 0.424. The Morgan fingerprint density at radius 3 is 2.48 bits per heavy atom. The van der Waals surface area contributed by atoms with E-state index < -0.39 is 5.97 Å². The molecule has 0 saturated carbocycles. The van der Waals surface area contributed by atoms with Gasteiger partial charge in [0.2, 0.25) is 0 Å². The van der Waals surface area contributed by atoms with E-state index in [1.807, 2.05) is 24.3 Å². The van der Waals surface area contributed by atoms with Crippen LogP contribution in [-0.4, -0.2) is 31.7 Å². The van der Waals surface area contributed by atoms with E-state index in [2.05, 4.69) is 36.5 Å². The number of benzene rings is 2. The summed E-state index contributed by atoms with van der Waals surface area (Å²) in [5.41, 5.74) is 4.54. The highest BCUT2D eigenvalue weighted by molar-refractivity contribution is 9.10. The van der Waals surface area contributed by atoms with Crippen molar-refractivity contribution in [3.63, 3.8) is 0 Å². The van der Waals surface area contributed by atoms with Crippen molar-refractivity contribution in [2.75, 3.05) is 19.0 Å². The van der Waals surface area contributed by atoms with Crippen molar-refractivity contribution in [2.24, 2.45) is 5.10 Å². The summed E-state index contributed by atoms with van der Waals surface area (Å²) >= 11 is 3.36. The molecule has 0 saturated heterocycles. The average molecular weight is 456 g/mol.